The largest absolute Gasteiger partial charge is 0.309 e. The van der Waals surface area contributed by atoms with Crippen LogP contribution in [0.15, 0.2) is 274 Å². The molecule has 0 aliphatic carbocycles. The van der Waals surface area contributed by atoms with Crippen LogP contribution < -0.4 is 9.80 Å². The Morgan fingerprint density at radius 2 is 0.800 bits per heavy atom. The molecule has 0 bridgehead atoms. The molecule has 12 aromatic carbocycles. The van der Waals surface area contributed by atoms with Gasteiger partial charge in [-0.3, -0.25) is 0 Å². The van der Waals surface area contributed by atoms with Crippen LogP contribution in [0.2, 0.25) is 0 Å². The minimum absolute atomic E-state index is 1.09. The van der Waals surface area contributed by atoms with Gasteiger partial charge in [0.25, 0.3) is 0 Å². The third kappa shape index (κ3) is 6.83. The highest BCUT2D eigenvalue weighted by Gasteiger charge is 2.32. The molecule has 0 amide bonds. The second-order valence-electron chi connectivity index (χ2n) is 22.3. The fourth-order valence-corrected chi connectivity index (χ4v) is 16.8. The van der Waals surface area contributed by atoms with Crippen molar-refractivity contribution in [2.45, 2.75) is 6.92 Å². The number of thiophene rings is 2. The maximum atomic E-state index is 4.00. The molecule has 0 atom stereocenters. The number of aromatic nitrogens is 2. The Balaban J connectivity index is 0.980. The second-order valence-corrected chi connectivity index (χ2v) is 24.6. The fourth-order valence-electron chi connectivity index (χ4n) is 14.4. The Morgan fingerprint density at radius 1 is 0.365 bits per heavy atom. The Labute approximate surface area is 497 Å². The van der Waals surface area contributed by atoms with Gasteiger partial charge in [-0.1, -0.05) is 213 Å². The molecule has 0 saturated heterocycles. The monoisotopic (exact) mass is 1120 g/mol. The average molecular weight is 1120 g/mol. The first kappa shape index (κ1) is 48.1. The summed E-state index contributed by atoms with van der Waals surface area (Å²) in [4.78, 5) is 6.22. The van der Waals surface area contributed by atoms with Gasteiger partial charge in [0.2, 0.25) is 0 Å². The van der Waals surface area contributed by atoms with Crippen molar-refractivity contribution in [1.29, 1.82) is 0 Å². The quantitative estimate of drug-likeness (QED) is 0.127. The van der Waals surface area contributed by atoms with E-state index in [1.807, 2.05) is 34.8 Å². The van der Waals surface area contributed by atoms with Crippen molar-refractivity contribution in [1.82, 2.24) is 8.80 Å². The van der Waals surface area contributed by atoms with E-state index in [1.54, 1.807) is 0 Å². The number of allylic oxidation sites excluding steroid dienone is 2. The van der Waals surface area contributed by atoms with Crippen LogP contribution in [-0.2, 0) is 0 Å². The lowest BCUT2D eigenvalue weighted by Gasteiger charge is -2.26. The van der Waals surface area contributed by atoms with Gasteiger partial charge in [-0.2, -0.15) is 0 Å². The molecular formula is C79H50N4S2. The zero-order valence-electron chi connectivity index (χ0n) is 46.3. The number of nitrogens with zero attached hydrogens (tertiary/aromatic N) is 4. The first-order valence-electron chi connectivity index (χ1n) is 29.0. The predicted molar refractivity (Wildman–Crippen MR) is 368 cm³/mol. The summed E-state index contributed by atoms with van der Waals surface area (Å²) in [6, 6.07) is 94.9. The first-order chi connectivity index (χ1) is 42.1. The van der Waals surface area contributed by atoms with Crippen LogP contribution in [0.5, 0.6) is 0 Å². The molecular weight excluding hydrogens is 1070 g/mol. The van der Waals surface area contributed by atoms with Crippen molar-refractivity contribution < 1.29 is 0 Å². The molecule has 18 aromatic rings. The number of hydrogen-bond acceptors (Lipinski definition) is 4. The van der Waals surface area contributed by atoms with Crippen molar-refractivity contribution in [3.8, 4) is 22.3 Å². The maximum Gasteiger partial charge on any atom is 0.0640 e. The van der Waals surface area contributed by atoms with E-state index in [2.05, 4.69) is 293 Å². The number of hydrogen-bond donors (Lipinski definition) is 0. The molecule has 0 saturated carbocycles. The summed E-state index contributed by atoms with van der Waals surface area (Å²) in [5.41, 5.74) is 20.0. The molecule has 18 rings (SSSR count). The predicted octanol–water partition coefficient (Wildman–Crippen LogP) is 23.4. The summed E-state index contributed by atoms with van der Waals surface area (Å²) >= 11 is 3.73. The molecule has 0 unspecified atom stereocenters. The first-order valence-corrected chi connectivity index (χ1v) is 30.7. The lowest BCUT2D eigenvalue weighted by atomic mass is 9.89. The number of anilines is 6. The summed E-state index contributed by atoms with van der Waals surface area (Å²) in [6.45, 7) is 6.23. The zero-order chi connectivity index (χ0) is 56.0. The molecule has 0 aliphatic heterocycles. The summed E-state index contributed by atoms with van der Waals surface area (Å²) in [5, 5.41) is 13.7. The van der Waals surface area contributed by atoms with E-state index in [4.69, 9.17) is 0 Å². The topological polar surface area (TPSA) is 15.3 Å². The van der Waals surface area contributed by atoms with Crippen molar-refractivity contribution in [2.75, 3.05) is 9.80 Å². The molecule has 6 heterocycles. The van der Waals surface area contributed by atoms with E-state index in [-0.39, 0.29) is 0 Å². The molecule has 398 valence electrons. The molecule has 4 nitrogen and oxygen atoms in total. The number of benzene rings is 12. The van der Waals surface area contributed by atoms with Gasteiger partial charge in [0.05, 0.1) is 53.9 Å². The van der Waals surface area contributed by atoms with Crippen molar-refractivity contribution >= 4 is 169 Å². The molecule has 0 N–H and O–H groups in total. The molecule has 6 heteroatoms. The summed E-state index contributed by atoms with van der Waals surface area (Å²) in [7, 11) is 0. The summed E-state index contributed by atoms with van der Waals surface area (Å²) in [6.07, 6.45) is 6.10. The van der Waals surface area contributed by atoms with Gasteiger partial charge in [-0.05, 0) is 90.3 Å². The average Bonchev–Trinajstić information content (AvgIpc) is 1.53. The van der Waals surface area contributed by atoms with E-state index in [0.29, 0.717) is 0 Å². The van der Waals surface area contributed by atoms with E-state index >= 15 is 0 Å². The van der Waals surface area contributed by atoms with E-state index < -0.39 is 0 Å². The van der Waals surface area contributed by atoms with Crippen molar-refractivity contribution in [3.05, 3.63) is 284 Å². The van der Waals surface area contributed by atoms with Crippen LogP contribution in [0, 0.1) is 6.92 Å². The normalized spacial score (nSPS) is 12.3. The van der Waals surface area contributed by atoms with Gasteiger partial charge in [0, 0.05) is 103 Å². The van der Waals surface area contributed by atoms with Gasteiger partial charge in [-0.25, -0.2) is 0 Å². The third-order valence-corrected chi connectivity index (χ3v) is 20.2. The highest BCUT2D eigenvalue weighted by atomic mass is 32.1. The van der Waals surface area contributed by atoms with Crippen LogP contribution in [0.4, 0.5) is 34.1 Å². The summed E-state index contributed by atoms with van der Waals surface area (Å²) in [5.74, 6) is 0. The lowest BCUT2D eigenvalue weighted by molar-refractivity contribution is 1.29. The zero-order valence-corrected chi connectivity index (χ0v) is 47.9. The number of para-hydroxylation sites is 4. The standard InChI is InChI=1S/C79H50N4S2/c1-3-4-31-55-48(2)84-78-61(55)35-21-39-65(78)80(51-27-13-7-14-28-51)53-42-44-56-59-33-19-37-63-72-71(50-25-11-6-12-26-50)77-73(70(49-23-9-5-10-24-49)76(72)82(74(59)63)67(56)46-53)64-38-20-34-60-57-45-43-54(47-68(57)83(77)75(60)64)81(52-29-15-8-16-30-52)66-40-22-36-62-58-32-17-18-41-69(58)85-79(62)66/h3-47H,1H2,2H3/b31-4-. The van der Waals surface area contributed by atoms with Crippen LogP contribution in [-0.4, -0.2) is 8.80 Å². The maximum absolute atomic E-state index is 4.00. The molecule has 0 spiro atoms. The SMILES string of the molecule is C=C/C=C\c1c(C)sc2c(N(c3ccccc3)c3ccc4c5cccc6c7c(-c8ccccc8)c8c(c(-c9ccccc9)c7n(c4c3)c56)c3cccc4c5ccc(N(c6ccccc6)c6cccc7c6sc6ccccc67)cc5n8c43)cccc12. The van der Waals surface area contributed by atoms with E-state index in [9.17, 15) is 0 Å². The number of rotatable bonds is 10. The van der Waals surface area contributed by atoms with Crippen LogP contribution in [0.1, 0.15) is 10.4 Å². The van der Waals surface area contributed by atoms with Crippen LogP contribution in [0.3, 0.4) is 0 Å². The minimum atomic E-state index is 1.09. The molecule has 85 heavy (non-hydrogen) atoms. The minimum Gasteiger partial charge on any atom is -0.309 e. The van der Waals surface area contributed by atoms with Crippen molar-refractivity contribution in [3.63, 3.8) is 0 Å². The van der Waals surface area contributed by atoms with E-state index in [1.165, 1.54) is 145 Å². The Morgan fingerprint density at radius 3 is 1.33 bits per heavy atom. The van der Waals surface area contributed by atoms with Gasteiger partial charge in [0.15, 0.2) is 0 Å². The Hall–Kier alpha value is -10.5. The highest BCUT2D eigenvalue weighted by Crippen LogP contribution is 2.56. The van der Waals surface area contributed by atoms with Gasteiger partial charge < -0.3 is 18.6 Å². The number of fused-ring (bicyclic) bond motifs is 16. The smallest absolute Gasteiger partial charge is 0.0640 e. The van der Waals surface area contributed by atoms with Crippen LogP contribution >= 0.6 is 22.7 Å². The lowest BCUT2D eigenvalue weighted by Crippen LogP contribution is -2.10. The molecule has 0 aliphatic rings. The fraction of sp³-hybridized carbons (Fsp3) is 0.0127. The second kappa shape index (κ2) is 18.5. The highest BCUT2D eigenvalue weighted by molar-refractivity contribution is 7.26. The van der Waals surface area contributed by atoms with Crippen molar-refractivity contribution in [2.24, 2.45) is 0 Å². The molecule has 6 aromatic heterocycles. The van der Waals surface area contributed by atoms with Gasteiger partial charge in [-0.15, -0.1) is 22.7 Å². The Kier molecular flexibility index (Phi) is 10.5. The van der Waals surface area contributed by atoms with Gasteiger partial charge in [0.1, 0.15) is 0 Å². The number of aryl methyl sites for hydroxylation is 1. The van der Waals surface area contributed by atoms with E-state index in [0.717, 1.165) is 28.4 Å². The molecule has 0 fully saturated rings. The van der Waals surface area contributed by atoms with Gasteiger partial charge >= 0.3 is 0 Å². The Bertz CT molecular complexity index is 5750. The molecule has 0 radical (unpaired) electrons. The van der Waals surface area contributed by atoms with Crippen LogP contribution in [0.25, 0.3) is 135 Å². The third-order valence-electron chi connectivity index (χ3n) is 17.8. The summed E-state index contributed by atoms with van der Waals surface area (Å²) < 4.78 is 9.09.